The summed E-state index contributed by atoms with van der Waals surface area (Å²) in [6.07, 6.45) is 2.49. The van der Waals surface area contributed by atoms with Crippen molar-refractivity contribution in [2.75, 3.05) is 24.6 Å². The number of ether oxygens (including phenoxy) is 1. The number of hydrogen-bond donors (Lipinski definition) is 1. The molecule has 1 aliphatic heterocycles. The molecule has 18 heavy (non-hydrogen) atoms. The molecule has 2 rings (SSSR count). The van der Waals surface area contributed by atoms with Crippen LogP contribution in [0.4, 0.5) is 10.1 Å². The van der Waals surface area contributed by atoms with Gasteiger partial charge in [-0.25, -0.2) is 4.39 Å². The van der Waals surface area contributed by atoms with Crippen LogP contribution in [0.25, 0.3) is 0 Å². The van der Waals surface area contributed by atoms with Crippen molar-refractivity contribution in [1.82, 2.24) is 0 Å². The highest BCUT2D eigenvalue weighted by molar-refractivity contribution is 5.49. The van der Waals surface area contributed by atoms with Crippen molar-refractivity contribution in [2.24, 2.45) is 5.73 Å². The van der Waals surface area contributed by atoms with Crippen molar-refractivity contribution < 1.29 is 9.13 Å². The average Bonchev–Trinajstić information content (AvgIpc) is 2.88. The van der Waals surface area contributed by atoms with Crippen molar-refractivity contribution in [3.63, 3.8) is 0 Å². The topological polar surface area (TPSA) is 38.5 Å². The van der Waals surface area contributed by atoms with Crippen molar-refractivity contribution in [2.45, 2.75) is 32.4 Å². The van der Waals surface area contributed by atoms with Crippen molar-refractivity contribution >= 4 is 5.69 Å². The van der Waals surface area contributed by atoms with Gasteiger partial charge in [-0.1, -0.05) is 0 Å². The van der Waals surface area contributed by atoms with E-state index in [1.165, 1.54) is 6.07 Å². The lowest BCUT2D eigenvalue weighted by Gasteiger charge is -2.26. The Labute approximate surface area is 108 Å². The molecule has 0 spiro atoms. The van der Waals surface area contributed by atoms with Gasteiger partial charge >= 0.3 is 0 Å². The summed E-state index contributed by atoms with van der Waals surface area (Å²) < 4.78 is 19.1. The molecule has 0 radical (unpaired) electrons. The Morgan fingerprint density at radius 2 is 2.28 bits per heavy atom. The molecule has 1 fully saturated rings. The van der Waals surface area contributed by atoms with E-state index in [2.05, 4.69) is 11.8 Å². The molecular weight excluding hydrogens is 231 g/mol. The Bertz CT molecular complexity index is 391. The molecule has 0 bridgehead atoms. The second-order valence-corrected chi connectivity index (χ2v) is 4.70. The van der Waals surface area contributed by atoms with Gasteiger partial charge in [0.25, 0.3) is 0 Å². The van der Waals surface area contributed by atoms with Gasteiger partial charge in [0.15, 0.2) is 0 Å². The van der Waals surface area contributed by atoms with Crippen LogP contribution in [0.15, 0.2) is 18.2 Å². The fourth-order valence-electron chi connectivity index (χ4n) is 2.38. The number of anilines is 1. The zero-order valence-electron chi connectivity index (χ0n) is 10.9. The Morgan fingerprint density at radius 3 is 2.89 bits per heavy atom. The lowest BCUT2D eigenvalue weighted by atomic mass is 10.1. The molecule has 1 aliphatic rings. The number of rotatable bonds is 5. The van der Waals surface area contributed by atoms with E-state index in [4.69, 9.17) is 10.5 Å². The minimum atomic E-state index is -0.223. The average molecular weight is 252 g/mol. The SMILES string of the molecule is CCN(CC1CCCO1)c1cc(F)cc(CN)c1. The van der Waals surface area contributed by atoms with Crippen molar-refractivity contribution in [3.05, 3.63) is 29.6 Å². The molecule has 1 saturated heterocycles. The number of nitrogens with zero attached hydrogens (tertiary/aromatic N) is 1. The molecule has 0 aliphatic carbocycles. The zero-order valence-corrected chi connectivity index (χ0v) is 10.9. The summed E-state index contributed by atoms with van der Waals surface area (Å²) in [6.45, 7) is 4.95. The Kier molecular flexibility index (Phi) is 4.55. The smallest absolute Gasteiger partial charge is 0.125 e. The van der Waals surface area contributed by atoms with Crippen LogP contribution in [-0.4, -0.2) is 25.8 Å². The first-order valence-electron chi connectivity index (χ1n) is 6.59. The molecule has 0 saturated carbocycles. The predicted molar refractivity (Wildman–Crippen MR) is 71.2 cm³/mol. The highest BCUT2D eigenvalue weighted by atomic mass is 19.1. The summed E-state index contributed by atoms with van der Waals surface area (Å²) in [7, 11) is 0. The Morgan fingerprint density at radius 1 is 1.44 bits per heavy atom. The van der Waals surface area contributed by atoms with Crippen LogP contribution in [0.5, 0.6) is 0 Å². The summed E-state index contributed by atoms with van der Waals surface area (Å²) in [5.41, 5.74) is 7.31. The van der Waals surface area contributed by atoms with E-state index in [0.717, 1.165) is 43.8 Å². The van der Waals surface area contributed by atoms with Gasteiger partial charge in [0.05, 0.1) is 6.10 Å². The van der Waals surface area contributed by atoms with Gasteiger partial charge in [-0.05, 0) is 43.5 Å². The van der Waals surface area contributed by atoms with Crippen LogP contribution in [0.3, 0.4) is 0 Å². The van der Waals surface area contributed by atoms with E-state index in [0.29, 0.717) is 6.54 Å². The predicted octanol–water partition coefficient (Wildman–Crippen LogP) is 2.29. The van der Waals surface area contributed by atoms with Crippen molar-refractivity contribution in [1.29, 1.82) is 0 Å². The van der Waals surface area contributed by atoms with E-state index in [-0.39, 0.29) is 11.9 Å². The molecule has 1 atom stereocenters. The largest absolute Gasteiger partial charge is 0.376 e. The van der Waals surface area contributed by atoms with Gasteiger partial charge < -0.3 is 15.4 Å². The molecule has 1 aromatic carbocycles. The maximum absolute atomic E-state index is 13.5. The van der Waals surface area contributed by atoms with Gasteiger partial charge in [-0.2, -0.15) is 0 Å². The van der Waals surface area contributed by atoms with E-state index in [1.54, 1.807) is 6.07 Å². The van der Waals surface area contributed by atoms with Gasteiger partial charge in [0.1, 0.15) is 5.82 Å². The van der Waals surface area contributed by atoms with Gasteiger partial charge in [0, 0.05) is 31.9 Å². The van der Waals surface area contributed by atoms with E-state index < -0.39 is 0 Å². The molecule has 1 aromatic rings. The lowest BCUT2D eigenvalue weighted by molar-refractivity contribution is 0.115. The fourth-order valence-corrected chi connectivity index (χ4v) is 2.38. The molecule has 3 nitrogen and oxygen atoms in total. The molecular formula is C14H21FN2O. The normalized spacial score (nSPS) is 19.2. The van der Waals surface area contributed by atoms with Gasteiger partial charge in [-0.15, -0.1) is 0 Å². The molecule has 1 heterocycles. The lowest BCUT2D eigenvalue weighted by Crippen LogP contribution is -2.32. The molecule has 0 amide bonds. The Balaban J connectivity index is 2.12. The van der Waals surface area contributed by atoms with Gasteiger partial charge in [-0.3, -0.25) is 0 Å². The highest BCUT2D eigenvalue weighted by Crippen LogP contribution is 2.21. The third-order valence-corrected chi connectivity index (χ3v) is 3.37. The minimum Gasteiger partial charge on any atom is -0.376 e. The maximum Gasteiger partial charge on any atom is 0.125 e. The quantitative estimate of drug-likeness (QED) is 0.873. The molecule has 100 valence electrons. The fraction of sp³-hybridized carbons (Fsp3) is 0.571. The van der Waals surface area contributed by atoms with Crippen LogP contribution in [-0.2, 0) is 11.3 Å². The first kappa shape index (κ1) is 13.3. The first-order valence-corrected chi connectivity index (χ1v) is 6.59. The summed E-state index contributed by atoms with van der Waals surface area (Å²) in [6, 6.07) is 5.02. The highest BCUT2D eigenvalue weighted by Gasteiger charge is 2.19. The summed E-state index contributed by atoms with van der Waals surface area (Å²) in [4.78, 5) is 2.15. The van der Waals surface area contributed by atoms with E-state index >= 15 is 0 Å². The number of benzene rings is 1. The molecule has 4 heteroatoms. The number of likely N-dealkylation sites (N-methyl/N-ethyl adjacent to an activating group) is 1. The maximum atomic E-state index is 13.5. The third kappa shape index (κ3) is 3.21. The molecule has 1 unspecified atom stereocenters. The second-order valence-electron chi connectivity index (χ2n) is 4.70. The number of nitrogens with two attached hydrogens (primary N) is 1. The van der Waals surface area contributed by atoms with E-state index in [1.807, 2.05) is 6.07 Å². The van der Waals surface area contributed by atoms with Crippen molar-refractivity contribution in [3.8, 4) is 0 Å². The zero-order chi connectivity index (χ0) is 13.0. The standard InChI is InChI=1S/C14H21FN2O/c1-2-17(10-14-4-3-5-18-14)13-7-11(9-16)6-12(15)8-13/h6-8,14H,2-5,9-10,16H2,1H3. The second kappa shape index (κ2) is 6.16. The molecule has 0 aromatic heterocycles. The summed E-state index contributed by atoms with van der Waals surface area (Å²) in [5, 5.41) is 0. The third-order valence-electron chi connectivity index (χ3n) is 3.37. The first-order chi connectivity index (χ1) is 8.72. The van der Waals surface area contributed by atoms with Crippen LogP contribution < -0.4 is 10.6 Å². The monoisotopic (exact) mass is 252 g/mol. The summed E-state index contributed by atoms with van der Waals surface area (Å²) >= 11 is 0. The van der Waals surface area contributed by atoms with Gasteiger partial charge in [0.2, 0.25) is 0 Å². The number of halogens is 1. The van der Waals surface area contributed by atoms with E-state index in [9.17, 15) is 4.39 Å². The van der Waals surface area contributed by atoms with Crippen LogP contribution in [0.1, 0.15) is 25.3 Å². The van der Waals surface area contributed by atoms with Crippen LogP contribution in [0.2, 0.25) is 0 Å². The molecule has 2 N–H and O–H groups in total. The summed E-state index contributed by atoms with van der Waals surface area (Å²) in [5.74, 6) is -0.223. The van der Waals surface area contributed by atoms with Crippen LogP contribution in [0, 0.1) is 5.82 Å². The van der Waals surface area contributed by atoms with Crippen LogP contribution >= 0.6 is 0 Å². The number of hydrogen-bond acceptors (Lipinski definition) is 3. The Hall–Kier alpha value is -1.13. The minimum absolute atomic E-state index is 0.223.